The van der Waals surface area contributed by atoms with E-state index in [1.54, 1.807) is 17.2 Å². The Morgan fingerprint density at radius 1 is 1.09 bits per heavy atom. The minimum absolute atomic E-state index is 0.0477. The molecule has 1 atom stereocenters. The molecule has 0 bridgehead atoms. The molecule has 2 aliphatic heterocycles. The number of hydrogen-bond donors (Lipinski definition) is 0. The standard InChI is InChI=1S/C24H27N5O4S/c1-2-28-22(19-11-8-14-32-19)25-26-24(28)34-16-21(30)29-15-20(23(31)27-12-6-3-7-13-27)33-18-10-5-4-9-17(18)29/h4-5,8-11,14,20H,2-3,6-7,12-13,15-16H2,1H3/t20-/m0/s1. The molecule has 2 aromatic heterocycles. The molecular weight excluding hydrogens is 454 g/mol. The minimum atomic E-state index is -0.702. The molecule has 9 nitrogen and oxygen atoms in total. The molecule has 2 aliphatic rings. The van der Waals surface area contributed by atoms with Crippen molar-refractivity contribution in [3.8, 4) is 17.3 Å². The van der Waals surface area contributed by atoms with Gasteiger partial charge in [-0.3, -0.25) is 14.2 Å². The summed E-state index contributed by atoms with van der Waals surface area (Å²) in [4.78, 5) is 30.0. The summed E-state index contributed by atoms with van der Waals surface area (Å²) in [5.41, 5.74) is 0.684. The van der Waals surface area contributed by atoms with Gasteiger partial charge in [0.2, 0.25) is 5.91 Å². The summed E-state index contributed by atoms with van der Waals surface area (Å²) in [5, 5.41) is 9.16. The molecule has 0 N–H and O–H groups in total. The van der Waals surface area contributed by atoms with Crippen molar-refractivity contribution >= 4 is 29.3 Å². The first kappa shape index (κ1) is 22.5. The molecule has 5 rings (SSSR count). The fourth-order valence-electron chi connectivity index (χ4n) is 4.39. The fraction of sp³-hybridized carbons (Fsp3) is 0.417. The van der Waals surface area contributed by atoms with Gasteiger partial charge in [-0.25, -0.2) is 0 Å². The van der Waals surface area contributed by atoms with Gasteiger partial charge in [0, 0.05) is 19.6 Å². The molecule has 2 amide bonds. The Bertz CT molecular complexity index is 1160. The van der Waals surface area contributed by atoms with Gasteiger partial charge < -0.3 is 19.0 Å². The maximum atomic E-state index is 13.4. The number of hydrogen-bond acceptors (Lipinski definition) is 7. The highest BCUT2D eigenvalue weighted by Crippen LogP contribution is 2.34. The highest BCUT2D eigenvalue weighted by molar-refractivity contribution is 7.99. The summed E-state index contributed by atoms with van der Waals surface area (Å²) >= 11 is 1.32. The van der Waals surface area contributed by atoms with Gasteiger partial charge in [-0.2, -0.15) is 0 Å². The number of likely N-dealkylation sites (tertiary alicyclic amines) is 1. The van der Waals surface area contributed by atoms with E-state index in [0.717, 1.165) is 32.4 Å². The quantitative estimate of drug-likeness (QED) is 0.498. The molecule has 178 valence electrons. The molecule has 4 heterocycles. The maximum Gasteiger partial charge on any atom is 0.265 e. The van der Waals surface area contributed by atoms with Crippen LogP contribution in [0.4, 0.5) is 5.69 Å². The van der Waals surface area contributed by atoms with Crippen LogP contribution in [0.15, 0.2) is 52.2 Å². The second-order valence-electron chi connectivity index (χ2n) is 8.28. The molecule has 10 heteroatoms. The van der Waals surface area contributed by atoms with Crippen LogP contribution in [-0.4, -0.2) is 63.0 Å². The second kappa shape index (κ2) is 9.92. The van der Waals surface area contributed by atoms with E-state index in [-0.39, 0.29) is 24.1 Å². The molecular formula is C24H27N5O4S. The lowest BCUT2D eigenvalue weighted by atomic mass is 10.1. The van der Waals surface area contributed by atoms with E-state index in [1.807, 2.05) is 46.7 Å². The van der Waals surface area contributed by atoms with Crippen LogP contribution in [0.2, 0.25) is 0 Å². The lowest BCUT2D eigenvalue weighted by Crippen LogP contribution is -2.53. The SMILES string of the molecule is CCn1c(SCC(=O)N2C[C@@H](C(=O)N3CCCCC3)Oc3ccccc32)nnc1-c1ccco1. The van der Waals surface area contributed by atoms with E-state index in [0.29, 0.717) is 34.7 Å². The van der Waals surface area contributed by atoms with Gasteiger partial charge in [-0.1, -0.05) is 23.9 Å². The van der Waals surface area contributed by atoms with Gasteiger partial charge in [-0.05, 0) is 50.5 Å². The van der Waals surface area contributed by atoms with E-state index in [1.165, 1.54) is 11.8 Å². The molecule has 3 aromatic rings. The largest absolute Gasteiger partial charge is 0.476 e. The number of nitrogens with zero attached hydrogens (tertiary/aromatic N) is 5. The number of carbonyl (C=O) groups excluding carboxylic acids is 2. The summed E-state index contributed by atoms with van der Waals surface area (Å²) in [6.45, 7) is 4.33. The van der Waals surface area contributed by atoms with Crippen LogP contribution in [0, 0.1) is 0 Å². The molecule has 1 aromatic carbocycles. The number of para-hydroxylation sites is 2. The van der Waals surface area contributed by atoms with Crippen LogP contribution in [0.1, 0.15) is 26.2 Å². The third kappa shape index (κ3) is 4.42. The predicted octanol–water partition coefficient (Wildman–Crippen LogP) is 3.46. The van der Waals surface area contributed by atoms with Gasteiger partial charge in [0.1, 0.15) is 5.75 Å². The van der Waals surface area contributed by atoms with Crippen molar-refractivity contribution in [1.29, 1.82) is 0 Å². The van der Waals surface area contributed by atoms with Crippen LogP contribution >= 0.6 is 11.8 Å². The number of thioether (sulfide) groups is 1. The van der Waals surface area contributed by atoms with Crippen LogP contribution in [0.5, 0.6) is 5.75 Å². The third-order valence-electron chi connectivity index (χ3n) is 6.12. The Morgan fingerprint density at radius 2 is 1.91 bits per heavy atom. The van der Waals surface area contributed by atoms with Gasteiger partial charge >= 0.3 is 0 Å². The summed E-state index contributed by atoms with van der Waals surface area (Å²) < 4.78 is 13.4. The number of fused-ring (bicyclic) bond motifs is 1. The monoisotopic (exact) mass is 481 g/mol. The van der Waals surface area contributed by atoms with E-state index in [4.69, 9.17) is 9.15 Å². The van der Waals surface area contributed by atoms with E-state index < -0.39 is 6.10 Å². The Balaban J connectivity index is 1.32. The zero-order valence-electron chi connectivity index (χ0n) is 19.1. The van der Waals surface area contributed by atoms with Gasteiger partial charge in [-0.15, -0.1) is 10.2 Å². The molecule has 1 fully saturated rings. The number of amides is 2. The smallest absolute Gasteiger partial charge is 0.265 e. The molecule has 0 unspecified atom stereocenters. The number of piperidine rings is 1. The number of benzene rings is 1. The van der Waals surface area contributed by atoms with E-state index in [2.05, 4.69) is 10.2 Å². The highest BCUT2D eigenvalue weighted by atomic mass is 32.2. The summed E-state index contributed by atoms with van der Waals surface area (Å²) in [5.74, 6) is 1.82. The number of furan rings is 1. The first-order valence-electron chi connectivity index (χ1n) is 11.6. The predicted molar refractivity (Wildman–Crippen MR) is 128 cm³/mol. The zero-order chi connectivity index (χ0) is 23.5. The lowest BCUT2D eigenvalue weighted by molar-refractivity contribution is -0.139. The Labute approximate surface area is 202 Å². The highest BCUT2D eigenvalue weighted by Gasteiger charge is 2.36. The van der Waals surface area contributed by atoms with Crippen LogP contribution < -0.4 is 9.64 Å². The van der Waals surface area contributed by atoms with Crippen molar-refractivity contribution in [3.63, 3.8) is 0 Å². The van der Waals surface area contributed by atoms with Gasteiger partial charge in [0.05, 0.1) is 24.2 Å². The van der Waals surface area contributed by atoms with Crippen LogP contribution in [0.25, 0.3) is 11.6 Å². The fourth-order valence-corrected chi connectivity index (χ4v) is 5.27. The topological polar surface area (TPSA) is 93.7 Å². The summed E-state index contributed by atoms with van der Waals surface area (Å²) in [7, 11) is 0. The van der Waals surface area contributed by atoms with Gasteiger partial charge in [0.25, 0.3) is 5.91 Å². The third-order valence-corrected chi connectivity index (χ3v) is 7.07. The Kier molecular flexibility index (Phi) is 6.57. The Hall–Kier alpha value is -3.27. The van der Waals surface area contributed by atoms with Crippen molar-refractivity contribution in [1.82, 2.24) is 19.7 Å². The van der Waals surface area contributed by atoms with Crippen molar-refractivity contribution in [2.75, 3.05) is 30.3 Å². The molecule has 0 aliphatic carbocycles. The summed E-state index contributed by atoms with van der Waals surface area (Å²) in [6.07, 6.45) is 4.05. The molecule has 1 saturated heterocycles. The normalized spacial score (nSPS) is 17.9. The number of ether oxygens (including phenoxy) is 1. The average Bonchev–Trinajstić information content (AvgIpc) is 3.56. The van der Waals surface area contributed by atoms with Crippen molar-refractivity contribution in [2.45, 2.75) is 44.0 Å². The average molecular weight is 482 g/mol. The number of anilines is 1. The number of aromatic nitrogens is 3. The summed E-state index contributed by atoms with van der Waals surface area (Å²) in [6, 6.07) is 11.0. The molecule has 0 spiro atoms. The van der Waals surface area contributed by atoms with Crippen molar-refractivity contribution in [2.24, 2.45) is 0 Å². The molecule has 0 saturated carbocycles. The van der Waals surface area contributed by atoms with Crippen LogP contribution in [0.3, 0.4) is 0 Å². The minimum Gasteiger partial charge on any atom is -0.476 e. The molecule has 0 radical (unpaired) electrons. The van der Waals surface area contributed by atoms with E-state index >= 15 is 0 Å². The first-order chi connectivity index (χ1) is 16.7. The first-order valence-corrected chi connectivity index (χ1v) is 12.6. The zero-order valence-corrected chi connectivity index (χ0v) is 19.9. The molecule has 34 heavy (non-hydrogen) atoms. The van der Waals surface area contributed by atoms with E-state index in [9.17, 15) is 9.59 Å². The maximum absolute atomic E-state index is 13.4. The van der Waals surface area contributed by atoms with Crippen molar-refractivity contribution < 1.29 is 18.7 Å². The number of rotatable bonds is 6. The van der Waals surface area contributed by atoms with Crippen molar-refractivity contribution in [3.05, 3.63) is 42.7 Å². The Morgan fingerprint density at radius 3 is 2.68 bits per heavy atom. The lowest BCUT2D eigenvalue weighted by Gasteiger charge is -2.37. The number of carbonyl (C=O) groups is 2. The second-order valence-corrected chi connectivity index (χ2v) is 9.22. The van der Waals surface area contributed by atoms with Crippen LogP contribution in [-0.2, 0) is 16.1 Å². The van der Waals surface area contributed by atoms with Gasteiger partial charge in [0.15, 0.2) is 22.8 Å².